The van der Waals surface area contributed by atoms with Crippen molar-refractivity contribution < 1.29 is 14.0 Å². The van der Waals surface area contributed by atoms with Crippen LogP contribution in [-0.2, 0) is 6.54 Å². The van der Waals surface area contributed by atoms with E-state index in [9.17, 15) is 0 Å². The number of methoxy groups -OCH3 is 1. The molecule has 0 atom stereocenters. The number of hydrogen-bond acceptors (Lipinski definition) is 6. The molecule has 0 spiro atoms. The second-order valence-corrected chi connectivity index (χ2v) is 4.81. The van der Waals surface area contributed by atoms with Crippen LogP contribution in [-0.4, -0.2) is 23.9 Å². The fraction of sp³-hybridized carbons (Fsp3) is 0.429. The Morgan fingerprint density at radius 3 is 2.90 bits per heavy atom. The number of nitrogens with zero attached hydrogens (tertiary/aromatic N) is 2. The number of hydrogen-bond donors (Lipinski definition) is 1. The highest BCUT2D eigenvalue weighted by atomic mass is 16.5. The normalized spacial score (nSPS) is 14.3. The van der Waals surface area contributed by atoms with Crippen LogP contribution in [0, 0.1) is 5.92 Å². The Labute approximate surface area is 116 Å². The number of rotatable bonds is 6. The van der Waals surface area contributed by atoms with Crippen LogP contribution in [0.4, 0.5) is 0 Å². The minimum atomic E-state index is 0.217. The highest BCUT2D eigenvalue weighted by Gasteiger charge is 2.24. The third kappa shape index (κ3) is 2.60. The van der Waals surface area contributed by atoms with E-state index in [-0.39, 0.29) is 6.54 Å². The van der Waals surface area contributed by atoms with Gasteiger partial charge in [0.25, 0.3) is 0 Å². The van der Waals surface area contributed by atoms with Crippen LogP contribution in [0.1, 0.15) is 18.7 Å². The van der Waals surface area contributed by atoms with Crippen LogP contribution >= 0.6 is 0 Å². The molecular weight excluding hydrogens is 258 g/mol. The predicted molar refractivity (Wildman–Crippen MR) is 72.4 cm³/mol. The van der Waals surface area contributed by atoms with Crippen molar-refractivity contribution in [1.82, 2.24) is 10.1 Å². The number of aromatic nitrogens is 2. The largest absolute Gasteiger partial charge is 0.493 e. The molecule has 106 valence electrons. The Morgan fingerprint density at radius 1 is 1.40 bits per heavy atom. The average Bonchev–Trinajstić information content (AvgIpc) is 3.19. The first-order chi connectivity index (χ1) is 9.81. The van der Waals surface area contributed by atoms with E-state index in [2.05, 4.69) is 10.1 Å². The molecule has 2 N–H and O–H groups in total. The van der Waals surface area contributed by atoms with Crippen molar-refractivity contribution in [2.24, 2.45) is 11.7 Å². The van der Waals surface area contributed by atoms with Crippen LogP contribution < -0.4 is 15.2 Å². The molecule has 1 fully saturated rings. The topological polar surface area (TPSA) is 83.4 Å². The van der Waals surface area contributed by atoms with Crippen molar-refractivity contribution in [2.45, 2.75) is 19.4 Å². The summed E-state index contributed by atoms with van der Waals surface area (Å²) in [5.41, 5.74) is 6.25. The van der Waals surface area contributed by atoms with Gasteiger partial charge < -0.3 is 19.7 Å². The predicted octanol–water partition coefficient (Wildman–Crippen LogP) is 1.99. The molecular formula is C14H17N3O3. The number of benzene rings is 1. The fourth-order valence-corrected chi connectivity index (χ4v) is 1.93. The van der Waals surface area contributed by atoms with Gasteiger partial charge in [-0.15, -0.1) is 0 Å². The second kappa shape index (κ2) is 5.50. The van der Waals surface area contributed by atoms with E-state index in [0.29, 0.717) is 35.7 Å². The minimum Gasteiger partial charge on any atom is -0.493 e. The van der Waals surface area contributed by atoms with Gasteiger partial charge in [0.15, 0.2) is 11.5 Å². The Morgan fingerprint density at radius 2 is 2.25 bits per heavy atom. The summed E-state index contributed by atoms with van der Waals surface area (Å²) in [7, 11) is 1.62. The summed E-state index contributed by atoms with van der Waals surface area (Å²) >= 11 is 0. The van der Waals surface area contributed by atoms with Crippen molar-refractivity contribution in [3.8, 4) is 22.9 Å². The molecule has 20 heavy (non-hydrogen) atoms. The van der Waals surface area contributed by atoms with Crippen LogP contribution in [0.15, 0.2) is 22.7 Å². The standard InChI is InChI=1S/C14H17N3O3/c1-18-11-4-2-3-10(13(11)19-8-9-5-6-9)14-16-12(7-15)20-17-14/h2-4,9H,5-8,15H2,1H3. The van der Waals surface area contributed by atoms with Gasteiger partial charge in [0.1, 0.15) is 0 Å². The number of para-hydroxylation sites is 1. The SMILES string of the molecule is COc1cccc(-c2noc(CN)n2)c1OCC1CC1. The molecule has 0 amide bonds. The lowest BCUT2D eigenvalue weighted by molar-refractivity contribution is 0.281. The lowest BCUT2D eigenvalue weighted by atomic mass is 10.1. The van der Waals surface area contributed by atoms with Gasteiger partial charge in [-0.2, -0.15) is 4.98 Å². The molecule has 3 rings (SSSR count). The zero-order valence-corrected chi connectivity index (χ0v) is 11.3. The fourth-order valence-electron chi connectivity index (χ4n) is 1.93. The molecule has 1 aromatic heterocycles. The number of nitrogens with two attached hydrogens (primary N) is 1. The van der Waals surface area contributed by atoms with Gasteiger partial charge in [-0.1, -0.05) is 11.2 Å². The average molecular weight is 275 g/mol. The van der Waals surface area contributed by atoms with Gasteiger partial charge in [-0.05, 0) is 30.9 Å². The smallest absolute Gasteiger partial charge is 0.240 e. The monoisotopic (exact) mass is 275 g/mol. The lowest BCUT2D eigenvalue weighted by Gasteiger charge is -2.13. The van der Waals surface area contributed by atoms with Crippen molar-refractivity contribution >= 4 is 0 Å². The van der Waals surface area contributed by atoms with Crippen LogP contribution in [0.3, 0.4) is 0 Å². The van der Waals surface area contributed by atoms with Gasteiger partial charge >= 0.3 is 0 Å². The minimum absolute atomic E-state index is 0.217. The molecule has 6 nitrogen and oxygen atoms in total. The molecule has 0 saturated heterocycles. The molecule has 0 unspecified atom stereocenters. The first-order valence-corrected chi connectivity index (χ1v) is 6.64. The van der Waals surface area contributed by atoms with Crippen molar-refractivity contribution in [3.05, 3.63) is 24.1 Å². The van der Waals surface area contributed by atoms with Gasteiger partial charge in [0.05, 0.1) is 25.8 Å². The Hall–Kier alpha value is -2.08. The van der Waals surface area contributed by atoms with Gasteiger partial charge in [-0.3, -0.25) is 0 Å². The molecule has 1 aliphatic rings. The maximum Gasteiger partial charge on any atom is 0.240 e. The quantitative estimate of drug-likeness (QED) is 0.868. The second-order valence-electron chi connectivity index (χ2n) is 4.81. The zero-order chi connectivity index (χ0) is 13.9. The summed E-state index contributed by atoms with van der Waals surface area (Å²) < 4.78 is 16.3. The van der Waals surface area contributed by atoms with Gasteiger partial charge in [0.2, 0.25) is 11.7 Å². The Balaban J connectivity index is 1.94. The third-order valence-corrected chi connectivity index (χ3v) is 3.24. The Bertz CT molecular complexity index is 593. The van der Waals surface area contributed by atoms with E-state index < -0.39 is 0 Å². The summed E-state index contributed by atoms with van der Waals surface area (Å²) in [4.78, 5) is 4.24. The van der Waals surface area contributed by atoms with E-state index in [4.69, 9.17) is 19.7 Å². The third-order valence-electron chi connectivity index (χ3n) is 3.24. The molecule has 1 aliphatic carbocycles. The van der Waals surface area contributed by atoms with E-state index in [1.807, 2.05) is 18.2 Å². The summed E-state index contributed by atoms with van der Waals surface area (Å²) in [6, 6.07) is 5.61. The first-order valence-electron chi connectivity index (χ1n) is 6.64. The van der Waals surface area contributed by atoms with E-state index >= 15 is 0 Å². The van der Waals surface area contributed by atoms with E-state index in [0.717, 1.165) is 5.56 Å². The Kier molecular flexibility index (Phi) is 3.56. The van der Waals surface area contributed by atoms with Gasteiger partial charge in [-0.25, -0.2) is 0 Å². The van der Waals surface area contributed by atoms with E-state index in [1.54, 1.807) is 7.11 Å². The van der Waals surface area contributed by atoms with Crippen LogP contribution in [0.5, 0.6) is 11.5 Å². The molecule has 1 aromatic carbocycles. The van der Waals surface area contributed by atoms with Crippen molar-refractivity contribution in [1.29, 1.82) is 0 Å². The summed E-state index contributed by atoms with van der Waals surface area (Å²) in [6.45, 7) is 0.907. The summed E-state index contributed by atoms with van der Waals surface area (Å²) in [6.07, 6.45) is 2.45. The van der Waals surface area contributed by atoms with E-state index in [1.165, 1.54) is 12.8 Å². The van der Waals surface area contributed by atoms with Crippen LogP contribution in [0.2, 0.25) is 0 Å². The molecule has 6 heteroatoms. The summed E-state index contributed by atoms with van der Waals surface area (Å²) in [5, 5.41) is 3.93. The van der Waals surface area contributed by atoms with Crippen molar-refractivity contribution in [2.75, 3.05) is 13.7 Å². The zero-order valence-electron chi connectivity index (χ0n) is 11.3. The first kappa shape index (κ1) is 12.9. The maximum atomic E-state index is 5.90. The highest BCUT2D eigenvalue weighted by molar-refractivity contribution is 5.68. The lowest BCUT2D eigenvalue weighted by Crippen LogP contribution is -2.03. The molecule has 1 heterocycles. The molecule has 0 radical (unpaired) electrons. The van der Waals surface area contributed by atoms with Gasteiger partial charge in [0, 0.05) is 0 Å². The molecule has 1 saturated carbocycles. The van der Waals surface area contributed by atoms with Crippen molar-refractivity contribution in [3.63, 3.8) is 0 Å². The van der Waals surface area contributed by atoms with Crippen LogP contribution in [0.25, 0.3) is 11.4 Å². The number of ether oxygens (including phenoxy) is 2. The molecule has 2 aromatic rings. The molecule has 0 aliphatic heterocycles. The molecule has 0 bridgehead atoms. The maximum absolute atomic E-state index is 5.90. The highest BCUT2D eigenvalue weighted by Crippen LogP contribution is 2.38. The summed E-state index contributed by atoms with van der Waals surface area (Å²) in [5.74, 6) is 2.84.